The lowest BCUT2D eigenvalue weighted by atomic mass is 9.79. The first-order chi connectivity index (χ1) is 8.70. The number of nitrogens with zero attached hydrogens (tertiary/aromatic N) is 3. The van der Waals surface area contributed by atoms with Crippen molar-refractivity contribution in [2.24, 2.45) is 11.8 Å². The van der Waals surface area contributed by atoms with Crippen LogP contribution in [0.15, 0.2) is 24.5 Å². The molecule has 0 bridgehead atoms. The van der Waals surface area contributed by atoms with Crippen molar-refractivity contribution in [2.75, 3.05) is 7.05 Å². The van der Waals surface area contributed by atoms with E-state index in [1.807, 2.05) is 12.3 Å². The van der Waals surface area contributed by atoms with Crippen LogP contribution in [-0.2, 0) is 6.54 Å². The Morgan fingerprint density at radius 1 is 1.50 bits per heavy atom. The minimum absolute atomic E-state index is 0.183. The summed E-state index contributed by atoms with van der Waals surface area (Å²) >= 11 is 0. The van der Waals surface area contributed by atoms with Crippen molar-refractivity contribution in [1.29, 1.82) is 5.26 Å². The Balaban J connectivity index is 2.02. The van der Waals surface area contributed by atoms with Crippen molar-refractivity contribution in [1.82, 2.24) is 9.88 Å². The third kappa shape index (κ3) is 3.08. The molecule has 1 aliphatic rings. The second-order valence-electron chi connectivity index (χ2n) is 5.50. The largest absolute Gasteiger partial charge is 0.298 e. The van der Waals surface area contributed by atoms with Crippen molar-refractivity contribution in [2.45, 2.75) is 38.8 Å². The van der Waals surface area contributed by atoms with Crippen LogP contribution >= 0.6 is 0 Å². The lowest BCUT2D eigenvalue weighted by molar-refractivity contribution is 0.125. The van der Waals surface area contributed by atoms with Crippen LogP contribution in [0, 0.1) is 23.2 Å². The van der Waals surface area contributed by atoms with Gasteiger partial charge in [-0.05, 0) is 43.9 Å². The van der Waals surface area contributed by atoms with E-state index in [4.69, 9.17) is 0 Å². The second-order valence-corrected chi connectivity index (χ2v) is 5.50. The summed E-state index contributed by atoms with van der Waals surface area (Å²) in [6, 6.07) is 6.93. The first-order valence-electron chi connectivity index (χ1n) is 6.69. The van der Waals surface area contributed by atoms with Gasteiger partial charge in [-0.15, -0.1) is 0 Å². The Hall–Kier alpha value is -1.40. The maximum absolute atomic E-state index is 9.27. The fourth-order valence-corrected chi connectivity index (χ4v) is 2.89. The van der Waals surface area contributed by atoms with Crippen LogP contribution in [0.4, 0.5) is 0 Å². The molecule has 18 heavy (non-hydrogen) atoms. The number of hydrogen-bond donors (Lipinski definition) is 0. The molecule has 3 unspecified atom stereocenters. The van der Waals surface area contributed by atoms with E-state index in [0.717, 1.165) is 25.3 Å². The van der Waals surface area contributed by atoms with Crippen molar-refractivity contribution in [3.63, 3.8) is 0 Å². The highest BCUT2D eigenvalue weighted by molar-refractivity contribution is 5.09. The summed E-state index contributed by atoms with van der Waals surface area (Å²) < 4.78 is 0. The first-order valence-corrected chi connectivity index (χ1v) is 6.69. The Morgan fingerprint density at radius 3 is 3.00 bits per heavy atom. The second kappa shape index (κ2) is 5.97. The molecule has 1 saturated carbocycles. The van der Waals surface area contributed by atoms with Crippen LogP contribution < -0.4 is 0 Å². The molecule has 1 fully saturated rings. The molecule has 0 N–H and O–H groups in total. The molecular weight excluding hydrogens is 222 g/mol. The zero-order chi connectivity index (χ0) is 13.0. The highest BCUT2D eigenvalue weighted by atomic mass is 15.1. The van der Waals surface area contributed by atoms with Gasteiger partial charge in [0.25, 0.3) is 0 Å². The Bertz CT molecular complexity index is 409. The van der Waals surface area contributed by atoms with Gasteiger partial charge in [-0.2, -0.15) is 5.26 Å². The minimum atomic E-state index is 0.183. The van der Waals surface area contributed by atoms with Crippen molar-refractivity contribution in [3.05, 3.63) is 30.1 Å². The fourth-order valence-electron chi connectivity index (χ4n) is 2.89. The summed E-state index contributed by atoms with van der Waals surface area (Å²) in [6.07, 6.45) is 7.07. The average Bonchev–Trinajstić information content (AvgIpc) is 2.40. The van der Waals surface area contributed by atoms with Gasteiger partial charge in [-0.25, -0.2) is 0 Å². The van der Waals surface area contributed by atoms with E-state index in [0.29, 0.717) is 6.04 Å². The number of rotatable bonds is 3. The van der Waals surface area contributed by atoms with Gasteiger partial charge < -0.3 is 0 Å². The lowest BCUT2D eigenvalue weighted by Crippen LogP contribution is -2.41. The van der Waals surface area contributed by atoms with Crippen molar-refractivity contribution in [3.8, 4) is 6.07 Å². The third-order valence-electron chi connectivity index (χ3n) is 3.97. The zero-order valence-corrected chi connectivity index (χ0v) is 11.2. The molecular formula is C15H21N3. The lowest BCUT2D eigenvalue weighted by Gasteiger charge is -2.37. The van der Waals surface area contributed by atoms with E-state index in [1.165, 1.54) is 12.0 Å². The molecule has 0 spiro atoms. The van der Waals surface area contributed by atoms with Gasteiger partial charge in [0.2, 0.25) is 0 Å². The third-order valence-corrected chi connectivity index (χ3v) is 3.97. The number of aromatic nitrogens is 1. The normalized spacial score (nSPS) is 28.0. The molecule has 96 valence electrons. The number of nitriles is 1. The van der Waals surface area contributed by atoms with Crippen LogP contribution in [0.1, 0.15) is 31.7 Å². The molecule has 1 aromatic rings. The van der Waals surface area contributed by atoms with Gasteiger partial charge in [0, 0.05) is 25.0 Å². The molecule has 2 rings (SSSR count). The summed E-state index contributed by atoms with van der Waals surface area (Å²) in [7, 11) is 2.13. The van der Waals surface area contributed by atoms with E-state index < -0.39 is 0 Å². The van der Waals surface area contributed by atoms with Crippen LogP contribution in [-0.4, -0.2) is 23.0 Å². The predicted molar refractivity (Wildman–Crippen MR) is 71.6 cm³/mol. The molecule has 0 amide bonds. The van der Waals surface area contributed by atoms with Gasteiger partial charge in [-0.1, -0.05) is 13.0 Å². The monoisotopic (exact) mass is 243 g/mol. The Labute approximate surface area is 109 Å². The fraction of sp³-hybridized carbons (Fsp3) is 0.600. The first kappa shape index (κ1) is 13.0. The van der Waals surface area contributed by atoms with Crippen LogP contribution in [0.2, 0.25) is 0 Å². The maximum atomic E-state index is 9.27. The molecule has 0 saturated heterocycles. The predicted octanol–water partition coefficient (Wildman–Crippen LogP) is 2.84. The maximum Gasteiger partial charge on any atom is 0.0672 e. The van der Waals surface area contributed by atoms with Gasteiger partial charge in [-0.3, -0.25) is 9.88 Å². The molecule has 0 radical (unpaired) electrons. The average molecular weight is 243 g/mol. The molecule has 0 aliphatic heterocycles. The van der Waals surface area contributed by atoms with E-state index in [-0.39, 0.29) is 5.92 Å². The summed E-state index contributed by atoms with van der Waals surface area (Å²) in [5.74, 6) is 0.916. The minimum Gasteiger partial charge on any atom is -0.298 e. The highest BCUT2D eigenvalue weighted by Crippen LogP contribution is 2.31. The molecule has 3 heteroatoms. The molecule has 0 aromatic carbocycles. The van der Waals surface area contributed by atoms with Gasteiger partial charge in [0.1, 0.15) is 0 Å². The van der Waals surface area contributed by atoms with E-state index in [2.05, 4.69) is 36.0 Å². The molecule has 1 heterocycles. The zero-order valence-electron chi connectivity index (χ0n) is 11.2. The van der Waals surface area contributed by atoms with Gasteiger partial charge >= 0.3 is 0 Å². The standard InChI is InChI=1S/C15H21N3/c1-12-5-6-14(9-16)15(8-12)18(2)11-13-4-3-7-17-10-13/h3-4,7,10,12,14-15H,5-6,8,11H2,1-2H3. The number of pyridine rings is 1. The summed E-state index contributed by atoms with van der Waals surface area (Å²) in [5, 5.41) is 9.27. The smallest absolute Gasteiger partial charge is 0.0672 e. The van der Waals surface area contributed by atoms with Crippen LogP contribution in [0.5, 0.6) is 0 Å². The van der Waals surface area contributed by atoms with E-state index in [9.17, 15) is 5.26 Å². The number of hydrogen-bond acceptors (Lipinski definition) is 3. The van der Waals surface area contributed by atoms with Gasteiger partial charge in [0.15, 0.2) is 0 Å². The molecule has 1 aromatic heterocycles. The molecule has 1 aliphatic carbocycles. The van der Waals surface area contributed by atoms with Crippen molar-refractivity contribution < 1.29 is 0 Å². The topological polar surface area (TPSA) is 39.9 Å². The van der Waals surface area contributed by atoms with Crippen molar-refractivity contribution >= 4 is 0 Å². The van der Waals surface area contributed by atoms with E-state index >= 15 is 0 Å². The summed E-state index contributed by atoms with van der Waals surface area (Å²) in [4.78, 5) is 6.47. The van der Waals surface area contributed by atoms with Crippen LogP contribution in [0.25, 0.3) is 0 Å². The quantitative estimate of drug-likeness (QED) is 0.819. The summed E-state index contributed by atoms with van der Waals surface area (Å²) in [5.41, 5.74) is 1.22. The van der Waals surface area contributed by atoms with Crippen LogP contribution in [0.3, 0.4) is 0 Å². The van der Waals surface area contributed by atoms with Gasteiger partial charge in [0.05, 0.1) is 12.0 Å². The Kier molecular flexibility index (Phi) is 4.33. The highest BCUT2D eigenvalue weighted by Gasteiger charge is 2.31. The molecule has 3 atom stereocenters. The van der Waals surface area contributed by atoms with E-state index in [1.54, 1.807) is 6.20 Å². The SMILES string of the molecule is CC1CCC(C#N)C(N(C)Cc2cccnc2)C1. The Morgan fingerprint density at radius 2 is 2.33 bits per heavy atom. The molecule has 3 nitrogen and oxygen atoms in total. The summed E-state index contributed by atoms with van der Waals surface area (Å²) in [6.45, 7) is 3.17.